The standard InChI is InChI=1S/C36H43N2O2/c1-7-27-23(5)37(21-25-17-13-11-14-18-25)33(29(27)9-3)31-35(39)32(36(31)40)34-30(10-4)28(8-2)24(6)38(34)22-26-19-15-12-16-20-26/h11-20,31,35,39H,7-10,21-22H2,1-6H3/q+1/b34-32-. The molecule has 2 heterocycles. The number of aromatic nitrogens is 1. The van der Waals surface area contributed by atoms with Crippen LogP contribution in [0.5, 0.6) is 0 Å². The van der Waals surface area contributed by atoms with Crippen molar-refractivity contribution < 1.29 is 14.5 Å². The molecule has 40 heavy (non-hydrogen) atoms. The molecular weight excluding hydrogens is 492 g/mol. The fourth-order valence-corrected chi connectivity index (χ4v) is 7.10. The van der Waals surface area contributed by atoms with E-state index in [9.17, 15) is 9.90 Å². The van der Waals surface area contributed by atoms with E-state index in [1.165, 1.54) is 44.8 Å². The number of ketones is 1. The summed E-state index contributed by atoms with van der Waals surface area (Å²) in [7, 11) is 0. The molecule has 1 aliphatic carbocycles. The maximum atomic E-state index is 14.3. The van der Waals surface area contributed by atoms with Crippen LogP contribution < -0.4 is 0 Å². The van der Waals surface area contributed by atoms with Gasteiger partial charge in [-0.15, -0.1) is 0 Å². The topological polar surface area (TPSA) is 45.2 Å². The van der Waals surface area contributed by atoms with E-state index in [0.29, 0.717) is 18.7 Å². The molecule has 1 fully saturated rings. The lowest BCUT2D eigenvalue weighted by atomic mass is 9.70. The smallest absolute Gasteiger partial charge is 0.218 e. The van der Waals surface area contributed by atoms with Gasteiger partial charge >= 0.3 is 0 Å². The van der Waals surface area contributed by atoms with E-state index in [-0.39, 0.29) is 5.78 Å². The van der Waals surface area contributed by atoms with Crippen molar-refractivity contribution in [2.24, 2.45) is 0 Å². The molecule has 0 saturated heterocycles. The highest BCUT2D eigenvalue weighted by Gasteiger charge is 2.54. The van der Waals surface area contributed by atoms with Crippen molar-refractivity contribution in [1.82, 2.24) is 4.57 Å². The fourth-order valence-electron chi connectivity index (χ4n) is 7.10. The Bertz CT molecular complexity index is 1520. The van der Waals surface area contributed by atoms with E-state index in [1.54, 1.807) is 0 Å². The molecule has 4 heteroatoms. The average molecular weight is 536 g/mol. The number of hydrogen-bond acceptors (Lipinski definition) is 2. The van der Waals surface area contributed by atoms with Crippen LogP contribution >= 0.6 is 0 Å². The molecule has 0 bridgehead atoms. The second-order valence-electron chi connectivity index (χ2n) is 11.1. The minimum Gasteiger partial charge on any atom is -0.387 e. The van der Waals surface area contributed by atoms with Crippen LogP contribution in [0.2, 0.25) is 0 Å². The number of aliphatic hydroxyl groups is 1. The van der Waals surface area contributed by atoms with Crippen molar-refractivity contribution in [3.8, 4) is 0 Å². The van der Waals surface area contributed by atoms with Gasteiger partial charge in [0.25, 0.3) is 0 Å². The van der Waals surface area contributed by atoms with Crippen LogP contribution in [0.15, 0.2) is 83.1 Å². The zero-order chi connectivity index (χ0) is 28.6. The Hall–Kier alpha value is -3.50. The molecule has 2 aliphatic rings. The van der Waals surface area contributed by atoms with Gasteiger partial charge in [-0.2, -0.15) is 4.58 Å². The molecule has 208 valence electrons. The van der Waals surface area contributed by atoms with Crippen LogP contribution in [-0.2, 0) is 30.7 Å². The second-order valence-corrected chi connectivity index (χ2v) is 11.1. The summed E-state index contributed by atoms with van der Waals surface area (Å²) in [4.78, 5) is 14.3. The van der Waals surface area contributed by atoms with Gasteiger partial charge in [-0.1, -0.05) is 88.4 Å². The number of Topliss-reactive ketones (excluding diaryl/α,β-unsaturated/α-hetero) is 1. The van der Waals surface area contributed by atoms with Gasteiger partial charge in [-0.05, 0) is 49.3 Å². The Kier molecular flexibility index (Phi) is 8.09. The van der Waals surface area contributed by atoms with E-state index in [0.717, 1.165) is 37.1 Å². The van der Waals surface area contributed by atoms with Crippen molar-refractivity contribution in [3.63, 3.8) is 0 Å². The molecule has 4 nitrogen and oxygen atoms in total. The molecule has 0 radical (unpaired) electrons. The molecule has 1 aromatic heterocycles. The number of rotatable bonds is 9. The molecule has 2 unspecified atom stereocenters. The first-order chi connectivity index (χ1) is 19.4. The highest BCUT2D eigenvalue weighted by molar-refractivity contribution is 6.11. The minimum absolute atomic E-state index is 0.0702. The van der Waals surface area contributed by atoms with Crippen molar-refractivity contribution in [2.45, 2.75) is 92.3 Å². The van der Waals surface area contributed by atoms with Crippen LogP contribution in [-0.4, -0.2) is 31.8 Å². The minimum atomic E-state index is -0.829. The first kappa shape index (κ1) is 28.0. The largest absolute Gasteiger partial charge is 0.387 e. The van der Waals surface area contributed by atoms with Gasteiger partial charge in [0.1, 0.15) is 6.10 Å². The number of hydrogen-bond donors (Lipinski definition) is 1. The predicted molar refractivity (Wildman–Crippen MR) is 163 cm³/mol. The van der Waals surface area contributed by atoms with Crippen LogP contribution in [0.4, 0.5) is 0 Å². The van der Waals surface area contributed by atoms with Gasteiger partial charge in [0, 0.05) is 41.6 Å². The number of carbonyl (C=O) groups excluding carboxylic acids is 1. The van der Waals surface area contributed by atoms with Crippen molar-refractivity contribution in [3.05, 3.63) is 117 Å². The monoisotopic (exact) mass is 535 g/mol. The van der Waals surface area contributed by atoms with Gasteiger partial charge in [0.05, 0.1) is 11.5 Å². The lowest BCUT2D eigenvalue weighted by Gasteiger charge is -2.36. The number of aliphatic hydroxyl groups excluding tert-OH is 1. The van der Waals surface area contributed by atoms with Gasteiger partial charge in [-0.3, -0.25) is 4.79 Å². The lowest BCUT2D eigenvalue weighted by molar-refractivity contribution is -0.488. The summed E-state index contributed by atoms with van der Waals surface area (Å²) >= 11 is 0. The zero-order valence-corrected chi connectivity index (χ0v) is 24.9. The maximum absolute atomic E-state index is 14.3. The summed E-state index contributed by atoms with van der Waals surface area (Å²) in [6.07, 6.45) is 2.67. The Labute approximate surface area is 239 Å². The first-order valence-corrected chi connectivity index (χ1v) is 15.0. The third kappa shape index (κ3) is 4.53. The maximum Gasteiger partial charge on any atom is 0.218 e. The van der Waals surface area contributed by atoms with Gasteiger partial charge < -0.3 is 9.67 Å². The Morgan fingerprint density at radius 1 is 0.775 bits per heavy atom. The number of benzene rings is 2. The Morgan fingerprint density at radius 3 is 1.88 bits per heavy atom. The van der Waals surface area contributed by atoms with Gasteiger partial charge in [0.2, 0.25) is 5.70 Å². The highest BCUT2D eigenvalue weighted by Crippen LogP contribution is 2.47. The van der Waals surface area contributed by atoms with Crippen molar-refractivity contribution >= 4 is 11.5 Å². The van der Waals surface area contributed by atoms with Crippen LogP contribution in [0.3, 0.4) is 0 Å². The van der Waals surface area contributed by atoms with Crippen molar-refractivity contribution in [2.75, 3.05) is 0 Å². The van der Waals surface area contributed by atoms with Gasteiger partial charge in [-0.25, -0.2) is 0 Å². The van der Waals surface area contributed by atoms with E-state index < -0.39 is 12.0 Å². The van der Waals surface area contributed by atoms with E-state index in [4.69, 9.17) is 0 Å². The normalized spacial score (nSPS) is 21.0. The number of carbonyl (C=O) groups is 1. The van der Waals surface area contributed by atoms with E-state index in [1.807, 2.05) is 12.1 Å². The molecule has 3 aromatic rings. The number of allylic oxidation sites excluding steroid dienone is 2. The van der Waals surface area contributed by atoms with E-state index >= 15 is 0 Å². The molecular formula is C36H43N2O2+. The third-order valence-electron chi connectivity index (χ3n) is 9.06. The molecule has 1 N–H and O–H groups in total. The summed E-state index contributed by atoms with van der Waals surface area (Å²) in [6.45, 7) is 14.4. The summed E-state index contributed by atoms with van der Waals surface area (Å²) in [5.74, 6) is -0.469. The summed E-state index contributed by atoms with van der Waals surface area (Å²) in [5, 5.41) is 11.9. The SMILES string of the molecule is CCC1=C(CC)/C(=C2/C(=O)C(c3c(CC)c(CC)c(C)n3Cc3ccccc3)C2O)[N+](Cc2ccccc2)=C1C. The molecule has 0 spiro atoms. The van der Waals surface area contributed by atoms with Crippen LogP contribution in [0.1, 0.15) is 87.0 Å². The molecule has 2 atom stereocenters. The predicted octanol–water partition coefficient (Wildman–Crippen LogP) is 7.05. The molecule has 5 rings (SSSR count). The number of nitrogens with zero attached hydrogens (tertiary/aromatic N) is 2. The molecule has 2 aromatic carbocycles. The second kappa shape index (κ2) is 11.5. The van der Waals surface area contributed by atoms with Crippen LogP contribution in [0, 0.1) is 6.92 Å². The quantitative estimate of drug-likeness (QED) is 0.236. The van der Waals surface area contributed by atoms with E-state index in [2.05, 4.69) is 99.2 Å². The Balaban J connectivity index is 1.63. The van der Waals surface area contributed by atoms with Gasteiger partial charge in [0.15, 0.2) is 18.0 Å². The first-order valence-electron chi connectivity index (χ1n) is 15.0. The molecule has 0 amide bonds. The fraction of sp³-hybridized carbons (Fsp3) is 0.389. The average Bonchev–Trinajstić information content (AvgIpc) is 3.38. The van der Waals surface area contributed by atoms with Crippen molar-refractivity contribution in [1.29, 1.82) is 0 Å². The third-order valence-corrected chi connectivity index (χ3v) is 9.06. The Morgan fingerprint density at radius 2 is 1.35 bits per heavy atom. The molecule has 1 aliphatic heterocycles. The lowest BCUT2D eigenvalue weighted by Crippen LogP contribution is -2.46. The summed E-state index contributed by atoms with van der Waals surface area (Å²) < 4.78 is 4.59. The zero-order valence-electron chi connectivity index (χ0n) is 24.9. The van der Waals surface area contributed by atoms with Crippen LogP contribution in [0.25, 0.3) is 0 Å². The summed E-state index contributed by atoms with van der Waals surface area (Å²) in [5.41, 5.74) is 12.4. The highest BCUT2D eigenvalue weighted by atomic mass is 16.3. The summed E-state index contributed by atoms with van der Waals surface area (Å²) in [6, 6.07) is 20.8. The molecule has 1 saturated carbocycles.